The third-order valence-corrected chi connectivity index (χ3v) is 1.89. The predicted molar refractivity (Wildman–Crippen MR) is 41.7 cm³/mol. The molecule has 7 nitrogen and oxygen atoms in total. The molecule has 1 saturated heterocycles. The van der Waals surface area contributed by atoms with Gasteiger partial charge in [0.2, 0.25) is 0 Å². The number of rotatable bonds is 2. The first-order chi connectivity index (χ1) is 6.20. The van der Waals surface area contributed by atoms with E-state index in [1.165, 1.54) is 7.11 Å². The molecule has 1 fully saturated rings. The fourth-order valence-corrected chi connectivity index (χ4v) is 1.15. The normalized spacial score (nSPS) is 39.6. The van der Waals surface area contributed by atoms with Crippen molar-refractivity contribution in [1.82, 2.24) is 0 Å². The van der Waals surface area contributed by atoms with Gasteiger partial charge in [-0.05, 0) is 5.53 Å². The van der Waals surface area contributed by atoms with Gasteiger partial charge in [0.25, 0.3) is 0 Å². The van der Waals surface area contributed by atoms with Gasteiger partial charge in [-0.3, -0.25) is 0 Å². The average Bonchev–Trinajstić information content (AvgIpc) is 2.14. The molecule has 4 atom stereocenters. The highest BCUT2D eigenvalue weighted by Gasteiger charge is 2.37. The average molecular weight is 189 g/mol. The molecule has 1 aliphatic rings. The van der Waals surface area contributed by atoms with Crippen molar-refractivity contribution in [2.24, 2.45) is 5.11 Å². The number of azide groups is 1. The Labute approximate surface area is 74.5 Å². The highest BCUT2D eigenvalue weighted by atomic mass is 16.7. The summed E-state index contributed by atoms with van der Waals surface area (Å²) in [5, 5.41) is 22.0. The molecule has 74 valence electrons. The van der Waals surface area contributed by atoms with Gasteiger partial charge in [-0.1, -0.05) is 5.11 Å². The summed E-state index contributed by atoms with van der Waals surface area (Å²) < 4.78 is 9.71. The van der Waals surface area contributed by atoms with Crippen LogP contribution in [0.1, 0.15) is 0 Å². The summed E-state index contributed by atoms with van der Waals surface area (Å²) in [7, 11) is 1.36. The summed E-state index contributed by atoms with van der Waals surface area (Å²) in [6.45, 7) is 0.0425. The Morgan fingerprint density at radius 3 is 2.77 bits per heavy atom. The lowest BCUT2D eigenvalue weighted by atomic mass is 10.0. The van der Waals surface area contributed by atoms with Crippen molar-refractivity contribution in [3.8, 4) is 0 Å². The second kappa shape index (κ2) is 4.40. The Hall–Kier alpha value is -0.850. The summed E-state index contributed by atoms with van der Waals surface area (Å²) in [6.07, 6.45) is -3.19. The van der Waals surface area contributed by atoms with Crippen LogP contribution in [0.4, 0.5) is 0 Å². The van der Waals surface area contributed by atoms with E-state index < -0.39 is 24.5 Å². The van der Waals surface area contributed by atoms with Crippen LogP contribution in [-0.2, 0) is 9.47 Å². The van der Waals surface area contributed by atoms with Crippen LogP contribution in [0.25, 0.3) is 10.4 Å². The molecular weight excluding hydrogens is 178 g/mol. The van der Waals surface area contributed by atoms with E-state index in [2.05, 4.69) is 10.0 Å². The monoisotopic (exact) mass is 189 g/mol. The van der Waals surface area contributed by atoms with Crippen LogP contribution in [0, 0.1) is 0 Å². The van der Waals surface area contributed by atoms with Crippen molar-refractivity contribution in [3.05, 3.63) is 10.4 Å². The van der Waals surface area contributed by atoms with Crippen molar-refractivity contribution in [2.45, 2.75) is 24.5 Å². The summed E-state index contributed by atoms with van der Waals surface area (Å²) >= 11 is 0. The third kappa shape index (κ3) is 2.09. The Bertz CT molecular complexity index is 218. The lowest BCUT2D eigenvalue weighted by molar-refractivity contribution is -0.237. The van der Waals surface area contributed by atoms with E-state index in [-0.39, 0.29) is 6.61 Å². The Kier molecular flexibility index (Phi) is 3.47. The molecule has 0 unspecified atom stereocenters. The van der Waals surface area contributed by atoms with Crippen molar-refractivity contribution in [1.29, 1.82) is 0 Å². The van der Waals surface area contributed by atoms with E-state index in [9.17, 15) is 10.2 Å². The summed E-state index contributed by atoms with van der Waals surface area (Å²) in [5.74, 6) is 0. The van der Waals surface area contributed by atoms with Crippen LogP contribution in [0.2, 0.25) is 0 Å². The number of ether oxygens (including phenoxy) is 2. The molecular formula is C6H11N3O4. The topological polar surface area (TPSA) is 108 Å². The van der Waals surface area contributed by atoms with Crippen LogP contribution in [0.3, 0.4) is 0 Å². The smallest absolute Gasteiger partial charge is 0.185 e. The molecule has 0 aromatic heterocycles. The van der Waals surface area contributed by atoms with Crippen LogP contribution in [0.15, 0.2) is 5.11 Å². The molecule has 0 aliphatic carbocycles. The zero-order chi connectivity index (χ0) is 9.84. The van der Waals surface area contributed by atoms with E-state index in [1.54, 1.807) is 0 Å². The molecule has 2 N–H and O–H groups in total. The molecule has 1 heterocycles. The number of aliphatic hydroxyl groups excluding tert-OH is 2. The second-order valence-electron chi connectivity index (χ2n) is 2.69. The zero-order valence-corrected chi connectivity index (χ0v) is 7.07. The Balaban J connectivity index is 2.63. The maximum atomic E-state index is 9.40. The molecule has 0 aromatic carbocycles. The number of methoxy groups -OCH3 is 1. The molecule has 0 spiro atoms. The quantitative estimate of drug-likeness (QED) is 0.343. The maximum absolute atomic E-state index is 9.40. The molecule has 1 aliphatic heterocycles. The van der Waals surface area contributed by atoms with E-state index in [4.69, 9.17) is 15.0 Å². The number of hydrogen-bond donors (Lipinski definition) is 2. The fraction of sp³-hybridized carbons (Fsp3) is 1.00. The highest BCUT2D eigenvalue weighted by Crippen LogP contribution is 2.18. The minimum absolute atomic E-state index is 0.0425. The molecule has 13 heavy (non-hydrogen) atoms. The minimum Gasteiger partial charge on any atom is -0.390 e. The standard InChI is InChI=1S/C6H11N3O4/c1-12-6-5(11)4(10)3(2-13-6)8-9-7/h3-6,10-11H,2H2,1H3/t3-,4+,5+,6-/m1/s1. The zero-order valence-electron chi connectivity index (χ0n) is 7.07. The molecule has 7 heteroatoms. The van der Waals surface area contributed by atoms with Crippen molar-refractivity contribution in [2.75, 3.05) is 13.7 Å². The third-order valence-electron chi connectivity index (χ3n) is 1.89. The maximum Gasteiger partial charge on any atom is 0.185 e. The van der Waals surface area contributed by atoms with Gasteiger partial charge in [0.05, 0.1) is 18.8 Å². The van der Waals surface area contributed by atoms with E-state index >= 15 is 0 Å². The first-order valence-electron chi connectivity index (χ1n) is 3.75. The van der Waals surface area contributed by atoms with Gasteiger partial charge in [0, 0.05) is 12.0 Å². The van der Waals surface area contributed by atoms with Crippen LogP contribution < -0.4 is 0 Å². The molecule has 1 rings (SSSR count). The highest BCUT2D eigenvalue weighted by molar-refractivity contribution is 4.87. The Morgan fingerprint density at radius 2 is 2.23 bits per heavy atom. The van der Waals surface area contributed by atoms with Gasteiger partial charge in [0.1, 0.15) is 6.10 Å². The predicted octanol–water partition coefficient (Wildman–Crippen LogP) is -0.610. The summed E-state index contributed by atoms with van der Waals surface area (Å²) in [4.78, 5) is 2.53. The largest absolute Gasteiger partial charge is 0.390 e. The number of hydrogen-bond acceptors (Lipinski definition) is 5. The molecule has 0 radical (unpaired) electrons. The van der Waals surface area contributed by atoms with Gasteiger partial charge in [-0.2, -0.15) is 0 Å². The summed E-state index contributed by atoms with van der Waals surface area (Å²) in [6, 6.07) is -0.758. The number of aliphatic hydroxyl groups is 2. The van der Waals surface area contributed by atoms with Crippen LogP contribution in [-0.4, -0.2) is 48.5 Å². The van der Waals surface area contributed by atoms with Gasteiger partial charge in [-0.15, -0.1) is 0 Å². The van der Waals surface area contributed by atoms with E-state index in [0.29, 0.717) is 0 Å². The van der Waals surface area contributed by atoms with Crippen LogP contribution in [0.5, 0.6) is 0 Å². The molecule has 0 amide bonds. The lowest BCUT2D eigenvalue weighted by Crippen LogP contribution is -2.52. The minimum atomic E-state index is -1.19. The van der Waals surface area contributed by atoms with E-state index in [1.807, 2.05) is 0 Å². The number of nitrogens with zero attached hydrogens (tertiary/aromatic N) is 3. The first kappa shape index (κ1) is 10.2. The van der Waals surface area contributed by atoms with Crippen LogP contribution >= 0.6 is 0 Å². The van der Waals surface area contributed by atoms with Crippen molar-refractivity contribution >= 4 is 0 Å². The molecule has 0 aromatic rings. The van der Waals surface area contributed by atoms with Gasteiger partial charge < -0.3 is 19.7 Å². The van der Waals surface area contributed by atoms with E-state index in [0.717, 1.165) is 0 Å². The molecule has 0 saturated carbocycles. The summed E-state index contributed by atoms with van der Waals surface area (Å²) in [5.41, 5.74) is 8.12. The lowest BCUT2D eigenvalue weighted by Gasteiger charge is -2.34. The second-order valence-corrected chi connectivity index (χ2v) is 2.69. The Morgan fingerprint density at radius 1 is 1.54 bits per heavy atom. The SMILES string of the molecule is CO[C@@H]1OC[C@@H](N=[N+]=[N-])[C@H](O)[C@@H]1O. The van der Waals surface area contributed by atoms with Gasteiger partial charge in [-0.25, -0.2) is 0 Å². The first-order valence-corrected chi connectivity index (χ1v) is 3.75. The molecule has 0 bridgehead atoms. The van der Waals surface area contributed by atoms with Crippen molar-refractivity contribution < 1.29 is 19.7 Å². The van der Waals surface area contributed by atoms with Gasteiger partial charge in [0.15, 0.2) is 6.29 Å². The van der Waals surface area contributed by atoms with Gasteiger partial charge >= 0.3 is 0 Å². The van der Waals surface area contributed by atoms with Crippen molar-refractivity contribution in [3.63, 3.8) is 0 Å². The fourth-order valence-electron chi connectivity index (χ4n) is 1.15.